The van der Waals surface area contributed by atoms with Gasteiger partial charge in [-0.25, -0.2) is 0 Å². The van der Waals surface area contributed by atoms with E-state index in [-0.39, 0.29) is 6.61 Å². The molecule has 0 radical (unpaired) electrons. The summed E-state index contributed by atoms with van der Waals surface area (Å²) in [6.45, 7) is 6.62. The summed E-state index contributed by atoms with van der Waals surface area (Å²) in [5, 5.41) is 8.96. The minimum absolute atomic E-state index is 0.276. The molecule has 1 aromatic heterocycles. The van der Waals surface area contributed by atoms with Gasteiger partial charge in [-0.15, -0.1) is 11.3 Å². The van der Waals surface area contributed by atoms with Crippen molar-refractivity contribution < 1.29 is 5.11 Å². The number of thiophene rings is 1. The van der Waals surface area contributed by atoms with E-state index in [1.54, 1.807) is 0 Å². The molecular formula is C12H19BrN2OS. The SMILES string of the molecule is OCCN1CCCN(Cc2ccc(Br)s2)CC1. The van der Waals surface area contributed by atoms with Crippen LogP contribution in [0.15, 0.2) is 15.9 Å². The fraction of sp³-hybridized carbons (Fsp3) is 0.667. The summed E-state index contributed by atoms with van der Waals surface area (Å²) < 4.78 is 1.21. The molecule has 0 bridgehead atoms. The van der Waals surface area contributed by atoms with E-state index in [0.717, 1.165) is 39.3 Å². The Morgan fingerprint density at radius 1 is 1.18 bits per heavy atom. The molecule has 1 aliphatic heterocycles. The van der Waals surface area contributed by atoms with E-state index >= 15 is 0 Å². The first-order chi connectivity index (χ1) is 8.28. The number of β-amino-alcohol motifs (C(OH)–C–C–N with tert-alkyl or cyclic N) is 1. The van der Waals surface area contributed by atoms with Gasteiger partial charge in [0.15, 0.2) is 0 Å². The number of aliphatic hydroxyl groups is 1. The number of rotatable bonds is 4. The largest absolute Gasteiger partial charge is 0.395 e. The van der Waals surface area contributed by atoms with Crippen LogP contribution in [0.1, 0.15) is 11.3 Å². The average molecular weight is 319 g/mol. The number of hydrogen-bond acceptors (Lipinski definition) is 4. The Balaban J connectivity index is 1.82. The van der Waals surface area contributed by atoms with Crippen LogP contribution in [0, 0.1) is 0 Å². The summed E-state index contributed by atoms with van der Waals surface area (Å²) in [6.07, 6.45) is 1.20. The van der Waals surface area contributed by atoms with E-state index in [0.29, 0.717) is 0 Å². The Kier molecular flexibility index (Phi) is 5.44. The van der Waals surface area contributed by atoms with Crippen molar-refractivity contribution in [2.75, 3.05) is 39.3 Å². The molecule has 0 aromatic carbocycles. The summed E-state index contributed by atoms with van der Waals surface area (Å²) in [5.41, 5.74) is 0. The van der Waals surface area contributed by atoms with E-state index < -0.39 is 0 Å². The third-order valence-corrected chi connectivity index (χ3v) is 4.71. The van der Waals surface area contributed by atoms with Crippen molar-refractivity contribution in [3.05, 3.63) is 20.8 Å². The summed E-state index contributed by atoms with van der Waals surface area (Å²) in [5.74, 6) is 0. The first-order valence-electron chi connectivity index (χ1n) is 6.08. The lowest BCUT2D eigenvalue weighted by molar-refractivity contribution is 0.196. The highest BCUT2D eigenvalue weighted by molar-refractivity contribution is 9.11. The normalized spacial score (nSPS) is 19.4. The molecule has 1 aromatic rings. The summed E-state index contributed by atoms with van der Waals surface area (Å²) >= 11 is 5.33. The molecule has 17 heavy (non-hydrogen) atoms. The lowest BCUT2D eigenvalue weighted by Crippen LogP contribution is -2.32. The quantitative estimate of drug-likeness (QED) is 0.920. The molecule has 0 atom stereocenters. The van der Waals surface area contributed by atoms with Gasteiger partial charge in [0.25, 0.3) is 0 Å². The monoisotopic (exact) mass is 318 g/mol. The Labute approximate surface area is 115 Å². The smallest absolute Gasteiger partial charge is 0.0701 e. The van der Waals surface area contributed by atoms with Gasteiger partial charge in [0.2, 0.25) is 0 Å². The average Bonchev–Trinajstić information content (AvgIpc) is 2.58. The molecule has 1 aliphatic rings. The molecule has 0 amide bonds. The standard InChI is InChI=1S/C12H19BrN2OS/c13-12-3-2-11(17-12)10-15-5-1-4-14(6-7-15)8-9-16/h2-3,16H,1,4-10H2. The van der Waals surface area contributed by atoms with Crippen molar-refractivity contribution in [3.63, 3.8) is 0 Å². The molecule has 96 valence electrons. The highest BCUT2D eigenvalue weighted by Gasteiger charge is 2.14. The highest BCUT2D eigenvalue weighted by Crippen LogP contribution is 2.23. The Bertz CT molecular complexity index is 345. The fourth-order valence-electron chi connectivity index (χ4n) is 2.20. The van der Waals surface area contributed by atoms with Crippen LogP contribution in [0.4, 0.5) is 0 Å². The van der Waals surface area contributed by atoms with Crippen molar-refractivity contribution in [1.82, 2.24) is 9.80 Å². The predicted octanol–water partition coefficient (Wildman–Crippen LogP) is 2.01. The van der Waals surface area contributed by atoms with Crippen LogP contribution in [-0.2, 0) is 6.54 Å². The van der Waals surface area contributed by atoms with Gasteiger partial charge in [0.1, 0.15) is 0 Å². The minimum atomic E-state index is 0.276. The van der Waals surface area contributed by atoms with Crippen molar-refractivity contribution in [2.45, 2.75) is 13.0 Å². The maximum absolute atomic E-state index is 8.96. The van der Waals surface area contributed by atoms with Crippen LogP contribution < -0.4 is 0 Å². The van der Waals surface area contributed by atoms with Gasteiger partial charge in [-0.2, -0.15) is 0 Å². The zero-order valence-corrected chi connectivity index (χ0v) is 12.3. The van der Waals surface area contributed by atoms with Crippen molar-refractivity contribution in [1.29, 1.82) is 0 Å². The second-order valence-corrected chi connectivity index (χ2v) is 6.95. The minimum Gasteiger partial charge on any atom is -0.395 e. The van der Waals surface area contributed by atoms with Crippen LogP contribution in [-0.4, -0.2) is 54.2 Å². The second-order valence-electron chi connectivity index (χ2n) is 4.40. The lowest BCUT2D eigenvalue weighted by Gasteiger charge is -2.20. The molecular weight excluding hydrogens is 300 g/mol. The molecule has 3 nitrogen and oxygen atoms in total. The van der Waals surface area contributed by atoms with Crippen molar-refractivity contribution in [2.24, 2.45) is 0 Å². The van der Waals surface area contributed by atoms with Crippen LogP contribution in [0.25, 0.3) is 0 Å². The molecule has 0 unspecified atom stereocenters. The topological polar surface area (TPSA) is 26.7 Å². The molecule has 0 aliphatic carbocycles. The molecule has 1 saturated heterocycles. The number of halogens is 1. The molecule has 1 N–H and O–H groups in total. The first kappa shape index (κ1) is 13.5. The Hall–Kier alpha value is 0.0600. The number of aliphatic hydroxyl groups excluding tert-OH is 1. The van der Waals surface area contributed by atoms with E-state index in [1.807, 2.05) is 11.3 Å². The molecule has 0 spiro atoms. The molecule has 1 fully saturated rings. The second kappa shape index (κ2) is 6.85. The maximum atomic E-state index is 8.96. The predicted molar refractivity (Wildman–Crippen MR) is 75.4 cm³/mol. The van der Waals surface area contributed by atoms with Gasteiger partial charge in [-0.1, -0.05) is 0 Å². The van der Waals surface area contributed by atoms with Gasteiger partial charge < -0.3 is 5.11 Å². The third-order valence-electron chi connectivity index (χ3n) is 3.11. The van der Waals surface area contributed by atoms with Gasteiger partial charge in [-0.3, -0.25) is 9.80 Å². The van der Waals surface area contributed by atoms with Crippen molar-refractivity contribution >= 4 is 27.3 Å². The third kappa shape index (κ3) is 4.34. The van der Waals surface area contributed by atoms with Crippen LogP contribution >= 0.6 is 27.3 Å². The van der Waals surface area contributed by atoms with Crippen LogP contribution in [0.5, 0.6) is 0 Å². The van der Waals surface area contributed by atoms with E-state index in [4.69, 9.17) is 5.11 Å². The Morgan fingerprint density at radius 2 is 1.94 bits per heavy atom. The summed E-state index contributed by atoms with van der Waals surface area (Å²) in [4.78, 5) is 6.28. The van der Waals surface area contributed by atoms with E-state index in [9.17, 15) is 0 Å². The Morgan fingerprint density at radius 3 is 2.65 bits per heavy atom. The highest BCUT2D eigenvalue weighted by atomic mass is 79.9. The maximum Gasteiger partial charge on any atom is 0.0701 e. The number of hydrogen-bond donors (Lipinski definition) is 1. The first-order valence-corrected chi connectivity index (χ1v) is 7.68. The van der Waals surface area contributed by atoms with Crippen LogP contribution in [0.2, 0.25) is 0 Å². The lowest BCUT2D eigenvalue weighted by atomic mass is 10.3. The van der Waals surface area contributed by atoms with Gasteiger partial charge in [0, 0.05) is 31.1 Å². The van der Waals surface area contributed by atoms with Gasteiger partial charge >= 0.3 is 0 Å². The molecule has 0 saturated carbocycles. The molecule has 5 heteroatoms. The van der Waals surface area contributed by atoms with Gasteiger partial charge in [-0.05, 0) is 47.6 Å². The van der Waals surface area contributed by atoms with E-state index in [1.165, 1.54) is 15.1 Å². The zero-order valence-electron chi connectivity index (χ0n) is 9.94. The number of nitrogens with zero attached hydrogens (tertiary/aromatic N) is 2. The summed E-state index contributed by atoms with van der Waals surface area (Å²) in [6, 6.07) is 4.32. The molecule has 2 heterocycles. The van der Waals surface area contributed by atoms with Crippen LogP contribution in [0.3, 0.4) is 0 Å². The van der Waals surface area contributed by atoms with Crippen molar-refractivity contribution in [3.8, 4) is 0 Å². The van der Waals surface area contributed by atoms with Gasteiger partial charge in [0.05, 0.1) is 10.4 Å². The zero-order chi connectivity index (χ0) is 12.1. The fourth-order valence-corrected chi connectivity index (χ4v) is 3.73. The summed E-state index contributed by atoms with van der Waals surface area (Å²) in [7, 11) is 0. The van der Waals surface area contributed by atoms with E-state index in [2.05, 4.69) is 37.9 Å². The molecule has 2 rings (SSSR count).